The van der Waals surface area contributed by atoms with Crippen LogP contribution in [0.25, 0.3) is 6.08 Å². The highest BCUT2D eigenvalue weighted by atomic mass is 79.9. The maximum absolute atomic E-state index is 13.3. The fourth-order valence-electron chi connectivity index (χ4n) is 3.63. The van der Waals surface area contributed by atoms with Gasteiger partial charge in [-0.05, 0) is 83.4 Å². The van der Waals surface area contributed by atoms with Gasteiger partial charge in [0.1, 0.15) is 10.5 Å². The predicted molar refractivity (Wildman–Crippen MR) is 145 cm³/mol. The molecule has 12 heteroatoms. The molecule has 0 aliphatic carbocycles. The van der Waals surface area contributed by atoms with Gasteiger partial charge in [-0.25, -0.2) is 9.69 Å². The van der Waals surface area contributed by atoms with Crippen LogP contribution in [0.15, 0.2) is 75.6 Å². The Bertz CT molecular complexity index is 1590. The number of nitrogens with one attached hydrogen (secondary N) is 1. The smallest absolute Gasteiger partial charge is 0.339 e. The number of halogens is 2. The summed E-state index contributed by atoms with van der Waals surface area (Å²) < 4.78 is 36.8. The van der Waals surface area contributed by atoms with E-state index in [-0.39, 0.29) is 38.7 Å². The third-order valence-corrected chi connectivity index (χ3v) is 7.44. The summed E-state index contributed by atoms with van der Waals surface area (Å²) in [4.78, 5) is 39.3. The van der Waals surface area contributed by atoms with E-state index in [4.69, 9.17) is 20.5 Å². The maximum Gasteiger partial charge on any atom is 0.339 e. The quantitative estimate of drug-likeness (QED) is 0.218. The number of urea groups is 1. The van der Waals surface area contributed by atoms with Crippen molar-refractivity contribution in [2.45, 2.75) is 18.7 Å². The molecule has 1 saturated heterocycles. The van der Waals surface area contributed by atoms with E-state index in [1.165, 1.54) is 36.4 Å². The number of nitrogens with zero attached hydrogens (tertiary/aromatic N) is 1. The van der Waals surface area contributed by atoms with Crippen LogP contribution in [-0.2, 0) is 19.7 Å². The Morgan fingerprint density at radius 2 is 1.76 bits per heavy atom. The van der Waals surface area contributed by atoms with Crippen molar-refractivity contribution in [2.75, 3.05) is 11.5 Å². The highest BCUT2D eigenvalue weighted by Crippen LogP contribution is 2.39. The zero-order valence-corrected chi connectivity index (χ0v) is 23.2. The molecule has 0 aromatic heterocycles. The number of hydrogen-bond donors (Lipinski definition) is 1. The lowest BCUT2D eigenvalue weighted by molar-refractivity contribution is -0.122. The summed E-state index contributed by atoms with van der Waals surface area (Å²) in [6, 6.07) is 14.3. The fraction of sp³-hybridized carbons (Fsp3) is 0.115. The monoisotopic (exact) mass is 618 g/mol. The lowest BCUT2D eigenvalue weighted by atomic mass is 10.1. The number of benzene rings is 3. The van der Waals surface area contributed by atoms with Crippen molar-refractivity contribution in [1.29, 1.82) is 0 Å². The molecule has 9 nitrogen and oxygen atoms in total. The van der Waals surface area contributed by atoms with E-state index in [0.29, 0.717) is 16.1 Å². The first-order valence-electron chi connectivity index (χ1n) is 11.2. The summed E-state index contributed by atoms with van der Waals surface area (Å²) in [6.07, 6.45) is 1.26. The van der Waals surface area contributed by atoms with Gasteiger partial charge in [0.05, 0.1) is 16.8 Å². The molecule has 1 heterocycles. The van der Waals surface area contributed by atoms with E-state index in [2.05, 4.69) is 21.2 Å². The van der Waals surface area contributed by atoms with Crippen molar-refractivity contribution in [1.82, 2.24) is 5.32 Å². The lowest BCUT2D eigenvalue weighted by Gasteiger charge is -2.27. The van der Waals surface area contributed by atoms with Crippen LogP contribution >= 0.6 is 27.5 Å². The molecule has 0 spiro atoms. The second-order valence-corrected chi connectivity index (χ2v) is 10.8. The molecular weight excluding hydrogens is 600 g/mol. The minimum absolute atomic E-state index is 0.0499. The Morgan fingerprint density at radius 3 is 2.45 bits per heavy atom. The average molecular weight is 620 g/mol. The first kappa shape index (κ1) is 27.4. The number of barbiturate groups is 1. The van der Waals surface area contributed by atoms with Crippen LogP contribution in [0, 0.1) is 6.92 Å². The number of amides is 4. The number of carbonyl (C=O) groups is 3. The summed E-state index contributed by atoms with van der Waals surface area (Å²) in [7, 11) is -4.18. The van der Waals surface area contributed by atoms with Gasteiger partial charge in [-0.1, -0.05) is 35.9 Å². The van der Waals surface area contributed by atoms with Gasteiger partial charge in [-0.15, -0.1) is 0 Å². The Kier molecular flexibility index (Phi) is 7.91. The molecular formula is C26H20BrClN2O7S. The number of anilines is 1. The zero-order valence-electron chi connectivity index (χ0n) is 20.0. The molecule has 3 aromatic rings. The Morgan fingerprint density at radius 1 is 1.05 bits per heavy atom. The SMILES string of the molecule is CCOc1cc(/C=C2\C(=O)NC(=O)N(c3cc(Cl)ccc3C)C2=O)cc(Br)c1OS(=O)(=O)c1ccccc1. The van der Waals surface area contributed by atoms with Gasteiger partial charge in [0.25, 0.3) is 11.8 Å². The molecule has 0 bridgehead atoms. The zero-order chi connectivity index (χ0) is 27.6. The topological polar surface area (TPSA) is 119 Å². The third-order valence-electron chi connectivity index (χ3n) is 5.38. The van der Waals surface area contributed by atoms with Crippen LogP contribution in [0.2, 0.25) is 5.02 Å². The van der Waals surface area contributed by atoms with Gasteiger partial charge in [0, 0.05) is 5.02 Å². The lowest BCUT2D eigenvalue weighted by Crippen LogP contribution is -2.54. The van der Waals surface area contributed by atoms with Crippen LogP contribution in [0.5, 0.6) is 11.5 Å². The van der Waals surface area contributed by atoms with Crippen LogP contribution in [0.4, 0.5) is 10.5 Å². The Labute approximate surface area is 232 Å². The molecule has 1 fully saturated rings. The van der Waals surface area contributed by atoms with E-state index in [1.807, 2.05) is 0 Å². The van der Waals surface area contributed by atoms with Gasteiger partial charge < -0.3 is 8.92 Å². The van der Waals surface area contributed by atoms with Crippen molar-refractivity contribution < 1.29 is 31.7 Å². The molecule has 3 aromatic carbocycles. The molecule has 1 aliphatic rings. The number of carbonyl (C=O) groups excluding carboxylic acids is 3. The van der Waals surface area contributed by atoms with E-state index in [9.17, 15) is 22.8 Å². The summed E-state index contributed by atoms with van der Waals surface area (Å²) in [5.74, 6) is -1.80. The minimum atomic E-state index is -4.18. The number of ether oxygens (including phenoxy) is 1. The van der Waals surface area contributed by atoms with Crippen molar-refractivity contribution in [3.8, 4) is 11.5 Å². The first-order valence-corrected chi connectivity index (χ1v) is 13.7. The Hall–Kier alpha value is -3.67. The highest BCUT2D eigenvalue weighted by Gasteiger charge is 2.37. The molecule has 0 atom stereocenters. The average Bonchev–Trinajstić information content (AvgIpc) is 2.86. The molecule has 1 N–H and O–H groups in total. The van der Waals surface area contributed by atoms with Crippen molar-refractivity contribution in [2.24, 2.45) is 0 Å². The molecule has 0 saturated carbocycles. The number of rotatable bonds is 7. The van der Waals surface area contributed by atoms with E-state index in [1.54, 1.807) is 44.2 Å². The molecule has 4 rings (SSSR count). The highest BCUT2D eigenvalue weighted by molar-refractivity contribution is 9.10. The van der Waals surface area contributed by atoms with Gasteiger partial charge >= 0.3 is 16.1 Å². The first-order chi connectivity index (χ1) is 18.0. The van der Waals surface area contributed by atoms with E-state index >= 15 is 0 Å². The number of hydrogen-bond acceptors (Lipinski definition) is 7. The summed E-state index contributed by atoms with van der Waals surface area (Å²) in [5, 5.41) is 2.46. The predicted octanol–water partition coefficient (Wildman–Crippen LogP) is 5.24. The van der Waals surface area contributed by atoms with Crippen LogP contribution in [0.3, 0.4) is 0 Å². The summed E-state index contributed by atoms with van der Waals surface area (Å²) in [6.45, 7) is 3.56. The molecule has 1 aliphatic heterocycles. The largest absolute Gasteiger partial charge is 0.490 e. The van der Waals surface area contributed by atoms with Crippen molar-refractivity contribution in [3.05, 3.63) is 86.9 Å². The number of aryl methyl sites for hydroxylation is 1. The second kappa shape index (κ2) is 11.0. The second-order valence-electron chi connectivity index (χ2n) is 8.00. The summed E-state index contributed by atoms with van der Waals surface area (Å²) in [5.41, 5.74) is 0.794. The maximum atomic E-state index is 13.3. The van der Waals surface area contributed by atoms with Gasteiger partial charge in [-0.3, -0.25) is 14.9 Å². The van der Waals surface area contributed by atoms with Crippen molar-refractivity contribution >= 4 is 67.3 Å². The molecule has 4 amide bonds. The van der Waals surface area contributed by atoms with Crippen LogP contribution < -0.4 is 19.1 Å². The van der Waals surface area contributed by atoms with Crippen LogP contribution in [0.1, 0.15) is 18.1 Å². The molecule has 38 heavy (non-hydrogen) atoms. The Balaban J connectivity index is 1.75. The molecule has 0 radical (unpaired) electrons. The fourth-order valence-corrected chi connectivity index (χ4v) is 5.42. The van der Waals surface area contributed by atoms with Gasteiger partial charge in [0.15, 0.2) is 11.5 Å². The third kappa shape index (κ3) is 5.59. The van der Waals surface area contributed by atoms with E-state index < -0.39 is 28.0 Å². The van der Waals surface area contributed by atoms with E-state index in [0.717, 1.165) is 4.90 Å². The van der Waals surface area contributed by atoms with Crippen molar-refractivity contribution in [3.63, 3.8) is 0 Å². The normalized spacial score (nSPS) is 15.0. The standard InChI is InChI=1S/C26H20BrClN2O7S/c1-3-36-22-13-16(12-20(27)23(22)37-38(34,35)18-7-5-4-6-8-18)11-19-24(31)29-26(33)30(25(19)32)21-14-17(28)10-9-15(21)2/h4-14H,3H2,1-2H3,(H,29,31,33)/b19-11+. The number of imide groups is 2. The van der Waals surface area contributed by atoms with Crippen LogP contribution in [-0.4, -0.2) is 32.9 Å². The summed E-state index contributed by atoms with van der Waals surface area (Å²) >= 11 is 9.37. The minimum Gasteiger partial charge on any atom is -0.490 e. The molecule has 0 unspecified atom stereocenters. The van der Waals surface area contributed by atoms with Gasteiger partial charge in [0.2, 0.25) is 0 Å². The van der Waals surface area contributed by atoms with Gasteiger partial charge in [-0.2, -0.15) is 8.42 Å². The molecule has 196 valence electrons.